The summed E-state index contributed by atoms with van der Waals surface area (Å²) in [6.07, 6.45) is -10.0. The first-order chi connectivity index (χ1) is 11.4. The highest BCUT2D eigenvalue weighted by Crippen LogP contribution is 2.37. The summed E-state index contributed by atoms with van der Waals surface area (Å²) >= 11 is 0. The van der Waals surface area contributed by atoms with E-state index in [4.69, 9.17) is 0 Å². The summed E-state index contributed by atoms with van der Waals surface area (Å²) in [5.74, 6) is -1.01. The molecule has 25 heavy (non-hydrogen) atoms. The number of aryl methyl sites for hydroxylation is 1. The van der Waals surface area contributed by atoms with Gasteiger partial charge in [0.05, 0.1) is 11.1 Å². The number of nitrogens with one attached hydrogen (secondary N) is 1. The van der Waals surface area contributed by atoms with Crippen LogP contribution in [-0.4, -0.2) is 11.0 Å². The highest BCUT2D eigenvalue weighted by Gasteiger charge is 2.37. The second-order valence-corrected chi connectivity index (χ2v) is 5.25. The second kappa shape index (κ2) is 6.30. The molecule has 0 aliphatic rings. The van der Waals surface area contributed by atoms with Gasteiger partial charge in [-0.2, -0.15) is 26.3 Å². The number of halogens is 6. The highest BCUT2D eigenvalue weighted by molar-refractivity contribution is 6.04. The van der Waals surface area contributed by atoms with Crippen LogP contribution in [0.5, 0.6) is 5.75 Å². The van der Waals surface area contributed by atoms with Crippen LogP contribution in [0.1, 0.15) is 27.0 Å². The monoisotopic (exact) mass is 363 g/mol. The molecule has 0 fully saturated rings. The average molecular weight is 363 g/mol. The smallest absolute Gasteiger partial charge is 0.416 e. The molecule has 0 saturated heterocycles. The highest BCUT2D eigenvalue weighted by atomic mass is 19.4. The van der Waals surface area contributed by atoms with E-state index in [1.807, 2.05) is 5.32 Å². The zero-order valence-corrected chi connectivity index (χ0v) is 12.6. The number of hydrogen-bond acceptors (Lipinski definition) is 2. The first kappa shape index (κ1) is 18.6. The summed E-state index contributed by atoms with van der Waals surface area (Å²) in [4.78, 5) is 12.0. The molecule has 2 aromatic carbocycles. The van der Waals surface area contributed by atoms with Crippen molar-refractivity contribution in [2.75, 3.05) is 5.32 Å². The third-order valence-corrected chi connectivity index (χ3v) is 3.30. The Balaban J connectivity index is 2.41. The van der Waals surface area contributed by atoms with Gasteiger partial charge in [-0.25, -0.2) is 0 Å². The normalized spacial score (nSPS) is 12.1. The van der Waals surface area contributed by atoms with Gasteiger partial charge in [0.2, 0.25) is 0 Å². The van der Waals surface area contributed by atoms with E-state index in [0.717, 1.165) is 0 Å². The number of phenolic OH excluding ortho intramolecular Hbond substituents is 1. The molecule has 3 nitrogen and oxygen atoms in total. The standard InChI is InChI=1S/C16H11F6NO2/c1-8-4-9(2-3-13(8)24)14(25)23-12-6-10(15(17,18)19)5-11(7-12)16(20,21)22/h2-7,24H,1H3,(H,23,25). The van der Waals surface area contributed by atoms with Crippen molar-refractivity contribution in [2.24, 2.45) is 0 Å². The Morgan fingerprint density at radius 1 is 0.920 bits per heavy atom. The van der Waals surface area contributed by atoms with Crippen LogP contribution in [0.25, 0.3) is 0 Å². The van der Waals surface area contributed by atoms with Gasteiger partial charge in [-0.1, -0.05) is 0 Å². The predicted octanol–water partition coefficient (Wildman–Crippen LogP) is 4.99. The molecule has 0 aliphatic carbocycles. The first-order valence-electron chi connectivity index (χ1n) is 6.78. The lowest BCUT2D eigenvalue weighted by molar-refractivity contribution is -0.143. The molecule has 9 heteroatoms. The van der Waals surface area contributed by atoms with E-state index < -0.39 is 35.1 Å². The lowest BCUT2D eigenvalue weighted by Crippen LogP contribution is -2.16. The molecule has 2 rings (SSSR count). The molecule has 0 spiro atoms. The number of phenols is 1. The number of hydrogen-bond donors (Lipinski definition) is 2. The van der Waals surface area contributed by atoms with Gasteiger partial charge in [-0.05, 0) is 48.9 Å². The molecule has 0 bridgehead atoms. The molecule has 2 aromatic rings. The maximum absolute atomic E-state index is 12.8. The minimum Gasteiger partial charge on any atom is -0.508 e. The Kier molecular flexibility index (Phi) is 4.70. The van der Waals surface area contributed by atoms with Crippen molar-refractivity contribution in [1.29, 1.82) is 0 Å². The molecule has 0 saturated carbocycles. The Hall–Kier alpha value is -2.71. The van der Waals surface area contributed by atoms with E-state index in [2.05, 4.69) is 0 Å². The van der Waals surface area contributed by atoms with Gasteiger partial charge in [0.1, 0.15) is 5.75 Å². The van der Waals surface area contributed by atoms with Crippen LogP contribution < -0.4 is 5.32 Å². The molecule has 0 aliphatic heterocycles. The fraction of sp³-hybridized carbons (Fsp3) is 0.188. The van der Waals surface area contributed by atoms with Crippen molar-refractivity contribution in [2.45, 2.75) is 19.3 Å². The molecular formula is C16H11F6NO2. The number of anilines is 1. The minimum atomic E-state index is -5.00. The Morgan fingerprint density at radius 2 is 1.44 bits per heavy atom. The van der Waals surface area contributed by atoms with E-state index in [0.29, 0.717) is 17.7 Å². The van der Waals surface area contributed by atoms with Crippen molar-refractivity contribution in [3.8, 4) is 5.75 Å². The largest absolute Gasteiger partial charge is 0.508 e. The zero-order valence-electron chi connectivity index (χ0n) is 12.6. The van der Waals surface area contributed by atoms with Crippen LogP contribution >= 0.6 is 0 Å². The molecule has 0 atom stereocenters. The third kappa shape index (κ3) is 4.43. The zero-order chi connectivity index (χ0) is 19.0. The number of carbonyl (C=O) groups excluding carboxylic acids is 1. The summed E-state index contributed by atoms with van der Waals surface area (Å²) in [5, 5.41) is 11.4. The van der Waals surface area contributed by atoms with Crippen molar-refractivity contribution in [3.63, 3.8) is 0 Å². The fourth-order valence-electron chi connectivity index (χ4n) is 2.03. The van der Waals surface area contributed by atoms with E-state index in [-0.39, 0.29) is 17.4 Å². The number of benzene rings is 2. The molecule has 134 valence electrons. The number of amides is 1. The number of rotatable bonds is 2. The number of aromatic hydroxyl groups is 1. The van der Waals surface area contributed by atoms with Gasteiger partial charge in [0.25, 0.3) is 5.91 Å². The van der Waals surface area contributed by atoms with Gasteiger partial charge in [-0.3, -0.25) is 4.79 Å². The lowest BCUT2D eigenvalue weighted by Gasteiger charge is -2.15. The van der Waals surface area contributed by atoms with Gasteiger partial charge in [0, 0.05) is 11.3 Å². The fourth-order valence-corrected chi connectivity index (χ4v) is 2.03. The van der Waals surface area contributed by atoms with Crippen molar-refractivity contribution < 1.29 is 36.2 Å². The average Bonchev–Trinajstić information content (AvgIpc) is 2.48. The molecule has 1 amide bonds. The molecule has 0 aromatic heterocycles. The first-order valence-corrected chi connectivity index (χ1v) is 6.78. The minimum absolute atomic E-state index is 0.0266. The third-order valence-electron chi connectivity index (χ3n) is 3.30. The molecule has 0 radical (unpaired) electrons. The second-order valence-electron chi connectivity index (χ2n) is 5.25. The number of carbonyl (C=O) groups is 1. The Bertz CT molecular complexity index is 779. The van der Waals surface area contributed by atoms with Gasteiger partial charge >= 0.3 is 12.4 Å². The van der Waals surface area contributed by atoms with E-state index >= 15 is 0 Å². The quantitative estimate of drug-likeness (QED) is 0.739. The summed E-state index contributed by atoms with van der Waals surface area (Å²) in [6, 6.07) is 4.44. The topological polar surface area (TPSA) is 49.3 Å². The molecule has 2 N–H and O–H groups in total. The summed E-state index contributed by atoms with van der Waals surface area (Å²) < 4.78 is 76.7. The van der Waals surface area contributed by atoms with Crippen molar-refractivity contribution in [1.82, 2.24) is 0 Å². The molecule has 0 unspecified atom stereocenters. The van der Waals surface area contributed by atoms with Crippen LogP contribution in [0, 0.1) is 6.92 Å². The SMILES string of the molecule is Cc1cc(C(=O)Nc2cc(C(F)(F)F)cc(C(F)(F)F)c2)ccc1O. The van der Waals surface area contributed by atoms with Crippen LogP contribution in [0.3, 0.4) is 0 Å². The van der Waals surface area contributed by atoms with Crippen LogP contribution in [0.15, 0.2) is 36.4 Å². The van der Waals surface area contributed by atoms with Crippen LogP contribution in [-0.2, 0) is 12.4 Å². The van der Waals surface area contributed by atoms with Gasteiger partial charge in [-0.15, -0.1) is 0 Å². The van der Waals surface area contributed by atoms with Crippen LogP contribution in [0.4, 0.5) is 32.0 Å². The summed E-state index contributed by atoms with van der Waals surface area (Å²) in [5.41, 5.74) is -3.40. The van der Waals surface area contributed by atoms with Crippen molar-refractivity contribution >= 4 is 11.6 Å². The predicted molar refractivity (Wildman–Crippen MR) is 77.2 cm³/mol. The van der Waals surface area contributed by atoms with Crippen molar-refractivity contribution in [3.05, 3.63) is 58.7 Å². The van der Waals surface area contributed by atoms with E-state index in [1.165, 1.54) is 25.1 Å². The van der Waals surface area contributed by atoms with Crippen LogP contribution in [0.2, 0.25) is 0 Å². The summed E-state index contributed by atoms with van der Waals surface area (Å²) in [6.45, 7) is 1.48. The molecule has 0 heterocycles. The summed E-state index contributed by atoms with van der Waals surface area (Å²) in [7, 11) is 0. The number of alkyl halides is 6. The van der Waals surface area contributed by atoms with Gasteiger partial charge < -0.3 is 10.4 Å². The Morgan fingerprint density at radius 3 is 1.88 bits per heavy atom. The molecular weight excluding hydrogens is 352 g/mol. The maximum Gasteiger partial charge on any atom is 0.416 e. The van der Waals surface area contributed by atoms with Gasteiger partial charge in [0.15, 0.2) is 0 Å². The van der Waals surface area contributed by atoms with E-state index in [1.54, 1.807) is 0 Å². The lowest BCUT2D eigenvalue weighted by atomic mass is 10.1. The maximum atomic E-state index is 12.8. The Labute approximate surface area is 137 Å². The van der Waals surface area contributed by atoms with E-state index in [9.17, 15) is 36.2 Å².